The fourth-order valence-corrected chi connectivity index (χ4v) is 5.49. The van der Waals surface area contributed by atoms with Gasteiger partial charge in [-0.1, -0.05) is 91.0 Å². The lowest BCUT2D eigenvalue weighted by atomic mass is 10.2. The van der Waals surface area contributed by atoms with Crippen LogP contribution in [-0.2, 0) is 11.1 Å². The first-order valence-corrected chi connectivity index (χ1v) is 10.2. The first-order valence-electron chi connectivity index (χ1n) is 8.30. The zero-order valence-corrected chi connectivity index (χ0v) is 15.1. The molecule has 26 heavy (non-hydrogen) atoms. The van der Waals surface area contributed by atoms with Crippen molar-refractivity contribution >= 4 is 23.8 Å². The first-order chi connectivity index (χ1) is 12.6. The SMILES string of the molecule is O=C([O-])N(Cc1ccccc1)CP(=O)(c1ccccc1)c1ccccc1. The number of hydrogen-bond donors (Lipinski definition) is 0. The van der Waals surface area contributed by atoms with Gasteiger partial charge in [0, 0.05) is 17.2 Å². The normalized spacial score (nSPS) is 11.1. The molecule has 0 unspecified atom stereocenters. The van der Waals surface area contributed by atoms with Crippen molar-refractivity contribution in [1.29, 1.82) is 0 Å². The Labute approximate surface area is 153 Å². The second-order valence-corrected chi connectivity index (χ2v) is 8.80. The van der Waals surface area contributed by atoms with Crippen LogP contribution >= 0.6 is 7.14 Å². The van der Waals surface area contributed by atoms with E-state index < -0.39 is 13.2 Å². The zero-order valence-electron chi connectivity index (χ0n) is 14.2. The summed E-state index contributed by atoms with van der Waals surface area (Å²) in [6.45, 7) is 0.132. The third-order valence-corrected chi connectivity index (χ3v) is 7.20. The van der Waals surface area contributed by atoms with E-state index in [1.165, 1.54) is 0 Å². The molecular weight excluding hydrogens is 345 g/mol. The predicted molar refractivity (Wildman–Crippen MR) is 102 cm³/mol. The van der Waals surface area contributed by atoms with Gasteiger partial charge in [0.05, 0.1) is 6.29 Å². The van der Waals surface area contributed by atoms with Gasteiger partial charge in [-0.2, -0.15) is 0 Å². The standard InChI is InChI=1S/C21H20NO3P/c23-21(24)22(16-18-10-4-1-5-11-18)17-26(25,19-12-6-2-7-13-19)20-14-8-3-9-15-20/h1-15H,16-17H2,(H,23,24)/p-1. The van der Waals surface area contributed by atoms with Crippen molar-refractivity contribution in [3.63, 3.8) is 0 Å². The maximum Gasteiger partial charge on any atom is 0.161 e. The van der Waals surface area contributed by atoms with Crippen molar-refractivity contribution in [2.24, 2.45) is 0 Å². The molecule has 0 bridgehead atoms. The van der Waals surface area contributed by atoms with E-state index in [-0.39, 0.29) is 12.8 Å². The highest BCUT2D eigenvalue weighted by Crippen LogP contribution is 2.44. The molecule has 0 saturated heterocycles. The lowest BCUT2D eigenvalue weighted by Crippen LogP contribution is -2.43. The monoisotopic (exact) mass is 364 g/mol. The molecule has 0 fully saturated rings. The van der Waals surface area contributed by atoms with Crippen LogP contribution in [0.2, 0.25) is 0 Å². The highest BCUT2D eigenvalue weighted by molar-refractivity contribution is 7.78. The second kappa shape index (κ2) is 8.03. The third-order valence-electron chi connectivity index (χ3n) is 4.19. The van der Waals surface area contributed by atoms with Gasteiger partial charge >= 0.3 is 0 Å². The maximum absolute atomic E-state index is 14.0. The van der Waals surface area contributed by atoms with E-state index >= 15 is 0 Å². The average Bonchev–Trinajstić information content (AvgIpc) is 2.69. The van der Waals surface area contributed by atoms with Crippen molar-refractivity contribution in [2.75, 3.05) is 6.29 Å². The number of carbonyl (C=O) groups is 1. The van der Waals surface area contributed by atoms with Gasteiger partial charge in [-0.3, -0.25) is 0 Å². The van der Waals surface area contributed by atoms with Gasteiger partial charge in [0.2, 0.25) is 0 Å². The van der Waals surface area contributed by atoms with Crippen molar-refractivity contribution < 1.29 is 14.5 Å². The number of amides is 1. The fraction of sp³-hybridized carbons (Fsp3) is 0.0952. The van der Waals surface area contributed by atoms with E-state index in [1.807, 2.05) is 66.7 Å². The number of carboxylic acid groups (broad SMARTS) is 1. The number of nitrogens with zero attached hydrogens (tertiary/aromatic N) is 1. The molecule has 5 heteroatoms. The summed E-state index contributed by atoms with van der Waals surface area (Å²) in [7, 11) is -3.17. The van der Waals surface area contributed by atoms with Gasteiger partial charge < -0.3 is 19.4 Å². The van der Waals surface area contributed by atoms with Crippen LogP contribution in [0, 0.1) is 0 Å². The number of carbonyl (C=O) groups excluding carboxylic acids is 1. The molecule has 0 aliphatic heterocycles. The molecule has 3 aromatic rings. The lowest BCUT2D eigenvalue weighted by molar-refractivity contribution is -0.265. The molecule has 132 valence electrons. The van der Waals surface area contributed by atoms with Gasteiger partial charge in [0.25, 0.3) is 0 Å². The smallest absolute Gasteiger partial charge is 0.161 e. The minimum Gasteiger partial charge on any atom is -0.530 e. The van der Waals surface area contributed by atoms with Gasteiger partial charge in [0.15, 0.2) is 7.14 Å². The highest BCUT2D eigenvalue weighted by atomic mass is 31.2. The summed E-state index contributed by atoms with van der Waals surface area (Å²) in [6.07, 6.45) is -1.46. The number of hydrogen-bond acceptors (Lipinski definition) is 3. The van der Waals surface area contributed by atoms with E-state index in [9.17, 15) is 14.5 Å². The third kappa shape index (κ3) is 4.04. The van der Waals surface area contributed by atoms with Crippen LogP contribution in [0.25, 0.3) is 0 Å². The molecule has 0 saturated carbocycles. The van der Waals surface area contributed by atoms with Crippen LogP contribution in [0.15, 0.2) is 91.0 Å². The minimum absolute atomic E-state index is 0.127. The molecule has 0 N–H and O–H groups in total. The Morgan fingerprint density at radius 1 is 0.769 bits per heavy atom. The Bertz CT molecular complexity index is 855. The summed E-state index contributed by atoms with van der Waals surface area (Å²) >= 11 is 0. The Kier molecular flexibility index (Phi) is 5.55. The summed E-state index contributed by atoms with van der Waals surface area (Å²) in [6, 6.07) is 27.3. The van der Waals surface area contributed by atoms with Crippen molar-refractivity contribution in [3.8, 4) is 0 Å². The lowest BCUT2D eigenvalue weighted by Gasteiger charge is -2.30. The van der Waals surface area contributed by atoms with E-state index in [1.54, 1.807) is 24.3 Å². The molecule has 1 amide bonds. The van der Waals surface area contributed by atoms with Crippen molar-refractivity contribution in [3.05, 3.63) is 96.6 Å². The molecule has 3 aromatic carbocycles. The fourth-order valence-electron chi connectivity index (χ4n) is 2.87. The van der Waals surface area contributed by atoms with Crippen LogP contribution in [0.4, 0.5) is 4.79 Å². The molecule has 0 aromatic heterocycles. The summed E-state index contributed by atoms with van der Waals surface area (Å²) in [5, 5.41) is 13.0. The molecule has 0 aliphatic carbocycles. The Hall–Kier alpha value is -2.84. The van der Waals surface area contributed by atoms with Crippen LogP contribution in [0.1, 0.15) is 5.56 Å². The van der Waals surface area contributed by atoms with Gasteiger partial charge in [-0.05, 0) is 5.56 Å². The topological polar surface area (TPSA) is 60.4 Å². The van der Waals surface area contributed by atoms with E-state index in [0.717, 1.165) is 10.5 Å². The van der Waals surface area contributed by atoms with Gasteiger partial charge in [-0.25, -0.2) is 0 Å². The molecule has 4 nitrogen and oxygen atoms in total. The summed E-state index contributed by atoms with van der Waals surface area (Å²) in [5.74, 6) is 0. The Balaban J connectivity index is 1.99. The molecule has 0 spiro atoms. The Morgan fingerprint density at radius 3 is 1.62 bits per heavy atom. The van der Waals surface area contributed by atoms with E-state index in [0.29, 0.717) is 10.6 Å². The summed E-state index contributed by atoms with van der Waals surface area (Å²) in [4.78, 5) is 12.9. The largest absolute Gasteiger partial charge is 0.530 e. The van der Waals surface area contributed by atoms with Crippen molar-refractivity contribution in [2.45, 2.75) is 6.54 Å². The van der Waals surface area contributed by atoms with Gasteiger partial charge in [0.1, 0.15) is 6.09 Å². The quantitative estimate of drug-likeness (QED) is 0.632. The van der Waals surface area contributed by atoms with Crippen LogP contribution in [0.5, 0.6) is 0 Å². The van der Waals surface area contributed by atoms with Crippen LogP contribution in [0.3, 0.4) is 0 Å². The highest BCUT2D eigenvalue weighted by Gasteiger charge is 2.30. The maximum atomic E-state index is 14.0. The summed E-state index contributed by atoms with van der Waals surface area (Å²) in [5.41, 5.74) is 0.823. The van der Waals surface area contributed by atoms with Gasteiger partial charge in [-0.15, -0.1) is 0 Å². The van der Waals surface area contributed by atoms with Crippen molar-refractivity contribution in [1.82, 2.24) is 4.90 Å². The Morgan fingerprint density at radius 2 is 1.19 bits per heavy atom. The average molecular weight is 364 g/mol. The first kappa shape index (κ1) is 18.0. The zero-order chi connectivity index (χ0) is 18.4. The predicted octanol–water partition coefficient (Wildman–Crippen LogP) is 2.80. The molecule has 0 heterocycles. The number of benzene rings is 3. The van der Waals surface area contributed by atoms with E-state index in [4.69, 9.17) is 0 Å². The molecule has 0 aliphatic rings. The minimum atomic E-state index is -3.17. The second-order valence-electron chi connectivity index (χ2n) is 6.00. The molecule has 0 atom stereocenters. The van der Waals surface area contributed by atoms with Crippen LogP contribution < -0.4 is 15.7 Å². The molecule has 0 radical (unpaired) electrons. The number of rotatable bonds is 6. The van der Waals surface area contributed by atoms with E-state index in [2.05, 4.69) is 0 Å². The molecule has 3 rings (SSSR count). The summed E-state index contributed by atoms with van der Waals surface area (Å²) < 4.78 is 14.0. The van der Waals surface area contributed by atoms with Crippen LogP contribution in [-0.4, -0.2) is 17.3 Å². The molecular formula is C21H19NO3P-.